The van der Waals surface area contributed by atoms with Crippen molar-refractivity contribution in [3.8, 4) is 0 Å². The van der Waals surface area contributed by atoms with E-state index < -0.39 is 0 Å². The number of rotatable bonds is 3. The highest BCUT2D eigenvalue weighted by Gasteiger charge is 2.12. The van der Waals surface area contributed by atoms with Gasteiger partial charge in [-0.25, -0.2) is 4.68 Å². The lowest BCUT2D eigenvalue weighted by Gasteiger charge is -2.12. The number of anilines is 1. The molecule has 4 nitrogen and oxygen atoms in total. The number of hydrogen-bond donors (Lipinski definition) is 1. The Morgan fingerprint density at radius 1 is 1.42 bits per heavy atom. The predicted molar refractivity (Wildman–Crippen MR) is 84.7 cm³/mol. The van der Waals surface area contributed by atoms with E-state index in [9.17, 15) is 4.79 Å². The van der Waals surface area contributed by atoms with E-state index in [-0.39, 0.29) is 11.9 Å². The van der Waals surface area contributed by atoms with E-state index in [1.807, 2.05) is 19.9 Å². The van der Waals surface area contributed by atoms with Gasteiger partial charge in [-0.3, -0.25) is 4.79 Å². The van der Waals surface area contributed by atoms with Crippen LogP contribution in [-0.2, 0) is 0 Å². The van der Waals surface area contributed by atoms with Crippen LogP contribution in [0.1, 0.15) is 30.2 Å². The summed E-state index contributed by atoms with van der Waals surface area (Å²) in [5.41, 5.74) is 0.530. The molecule has 0 unspecified atom stereocenters. The van der Waals surface area contributed by atoms with Crippen molar-refractivity contribution < 1.29 is 4.79 Å². The van der Waals surface area contributed by atoms with Crippen molar-refractivity contribution in [3.63, 3.8) is 0 Å². The van der Waals surface area contributed by atoms with E-state index in [0.717, 1.165) is 3.57 Å². The summed E-state index contributed by atoms with van der Waals surface area (Å²) < 4.78 is 2.68. The van der Waals surface area contributed by atoms with E-state index in [2.05, 4.69) is 33.0 Å². The highest BCUT2D eigenvalue weighted by atomic mass is 127. The molecule has 1 N–H and O–H groups in total. The lowest BCUT2D eigenvalue weighted by molar-refractivity contribution is 0.102. The monoisotopic (exact) mass is 389 g/mol. The third-order valence-corrected chi connectivity index (χ3v) is 4.16. The van der Waals surface area contributed by atoms with Crippen molar-refractivity contribution in [2.45, 2.75) is 19.9 Å². The molecule has 1 aromatic heterocycles. The van der Waals surface area contributed by atoms with E-state index in [4.69, 9.17) is 11.6 Å². The molecule has 0 radical (unpaired) electrons. The second kappa shape index (κ2) is 5.92. The van der Waals surface area contributed by atoms with Crippen LogP contribution in [0, 0.1) is 3.57 Å². The van der Waals surface area contributed by atoms with Gasteiger partial charge in [-0.15, -0.1) is 0 Å². The Morgan fingerprint density at radius 2 is 2.16 bits per heavy atom. The highest BCUT2D eigenvalue weighted by Crippen LogP contribution is 2.21. The number of nitrogens with one attached hydrogen (secondary N) is 1. The maximum absolute atomic E-state index is 12.1. The molecule has 0 aliphatic rings. The van der Waals surface area contributed by atoms with Crippen LogP contribution in [0.3, 0.4) is 0 Å². The fourth-order valence-electron chi connectivity index (χ4n) is 1.65. The summed E-state index contributed by atoms with van der Waals surface area (Å²) in [5.74, 6) is 0.482. The zero-order valence-electron chi connectivity index (χ0n) is 10.5. The smallest absolute Gasteiger partial charge is 0.256 e. The van der Waals surface area contributed by atoms with Gasteiger partial charge in [0.05, 0.1) is 11.2 Å². The van der Waals surface area contributed by atoms with Crippen molar-refractivity contribution >= 4 is 45.9 Å². The summed E-state index contributed by atoms with van der Waals surface area (Å²) in [5, 5.41) is 7.58. The highest BCUT2D eigenvalue weighted by molar-refractivity contribution is 14.1. The minimum atomic E-state index is -0.194. The summed E-state index contributed by atoms with van der Waals surface area (Å²) in [6.45, 7) is 4.01. The summed E-state index contributed by atoms with van der Waals surface area (Å²) in [6, 6.07) is 7.18. The van der Waals surface area contributed by atoms with Crippen molar-refractivity contribution in [3.05, 3.63) is 44.6 Å². The zero-order valence-corrected chi connectivity index (χ0v) is 13.4. The van der Waals surface area contributed by atoms with Gasteiger partial charge in [0.15, 0.2) is 0 Å². The summed E-state index contributed by atoms with van der Waals surface area (Å²) in [7, 11) is 0. The molecule has 0 saturated heterocycles. The predicted octanol–water partition coefficient (Wildman–Crippen LogP) is 3.97. The minimum Gasteiger partial charge on any atom is -0.307 e. The Bertz CT molecular complexity index is 610. The molecule has 0 fully saturated rings. The molecule has 0 spiro atoms. The Balaban J connectivity index is 2.21. The molecular formula is C13H13ClIN3O. The van der Waals surface area contributed by atoms with Gasteiger partial charge in [0.2, 0.25) is 0 Å². The number of aromatic nitrogens is 2. The van der Waals surface area contributed by atoms with E-state index >= 15 is 0 Å². The number of halogens is 2. The fraction of sp³-hybridized carbons (Fsp3) is 0.231. The van der Waals surface area contributed by atoms with Crippen LogP contribution in [0.4, 0.5) is 5.82 Å². The SMILES string of the molecule is CC(C)n1nccc1NC(=O)c1ccc(I)c(Cl)c1. The largest absolute Gasteiger partial charge is 0.307 e. The summed E-state index contributed by atoms with van der Waals surface area (Å²) >= 11 is 8.14. The van der Waals surface area contributed by atoms with Gasteiger partial charge < -0.3 is 5.32 Å². The number of benzene rings is 1. The van der Waals surface area contributed by atoms with Crippen LogP contribution in [0.25, 0.3) is 0 Å². The van der Waals surface area contributed by atoms with Crippen LogP contribution < -0.4 is 5.32 Å². The standard InChI is InChI=1S/C13H13ClIN3O/c1-8(2)18-12(5-6-16-18)17-13(19)9-3-4-11(15)10(14)7-9/h3-8H,1-2H3,(H,17,19). The summed E-state index contributed by atoms with van der Waals surface area (Å²) in [6.07, 6.45) is 1.66. The van der Waals surface area contributed by atoms with Crippen LogP contribution in [0.5, 0.6) is 0 Å². The van der Waals surface area contributed by atoms with Crippen LogP contribution >= 0.6 is 34.2 Å². The number of carbonyl (C=O) groups excluding carboxylic acids is 1. The van der Waals surface area contributed by atoms with Crippen molar-refractivity contribution in [1.82, 2.24) is 9.78 Å². The molecule has 2 rings (SSSR count). The maximum atomic E-state index is 12.1. The third kappa shape index (κ3) is 3.27. The Hall–Kier alpha value is -1.08. The lowest BCUT2D eigenvalue weighted by atomic mass is 10.2. The second-order valence-electron chi connectivity index (χ2n) is 4.34. The van der Waals surface area contributed by atoms with E-state index in [0.29, 0.717) is 16.4 Å². The van der Waals surface area contributed by atoms with Gasteiger partial charge in [-0.1, -0.05) is 11.6 Å². The van der Waals surface area contributed by atoms with Gasteiger partial charge in [0.1, 0.15) is 5.82 Å². The first-order valence-electron chi connectivity index (χ1n) is 5.79. The molecule has 0 bridgehead atoms. The molecule has 6 heteroatoms. The van der Waals surface area contributed by atoms with Gasteiger partial charge >= 0.3 is 0 Å². The van der Waals surface area contributed by atoms with Crippen molar-refractivity contribution in [1.29, 1.82) is 0 Å². The maximum Gasteiger partial charge on any atom is 0.256 e. The number of carbonyl (C=O) groups is 1. The number of nitrogens with zero attached hydrogens (tertiary/aromatic N) is 2. The van der Waals surface area contributed by atoms with Gasteiger partial charge in [-0.05, 0) is 54.6 Å². The molecule has 19 heavy (non-hydrogen) atoms. The normalized spacial score (nSPS) is 10.8. The Morgan fingerprint density at radius 3 is 2.79 bits per heavy atom. The molecule has 1 amide bonds. The quantitative estimate of drug-likeness (QED) is 0.807. The first-order chi connectivity index (χ1) is 8.99. The zero-order chi connectivity index (χ0) is 14.0. The molecule has 1 aromatic carbocycles. The van der Waals surface area contributed by atoms with Gasteiger partial charge in [0.25, 0.3) is 5.91 Å². The fourth-order valence-corrected chi connectivity index (χ4v) is 2.17. The van der Waals surface area contributed by atoms with E-state index in [1.165, 1.54) is 0 Å². The van der Waals surface area contributed by atoms with Crippen molar-refractivity contribution in [2.24, 2.45) is 0 Å². The van der Waals surface area contributed by atoms with E-state index in [1.54, 1.807) is 29.1 Å². The number of amides is 1. The van der Waals surface area contributed by atoms with Crippen LogP contribution in [-0.4, -0.2) is 15.7 Å². The van der Waals surface area contributed by atoms with Crippen molar-refractivity contribution in [2.75, 3.05) is 5.32 Å². The molecule has 2 aromatic rings. The Kier molecular flexibility index (Phi) is 4.46. The number of hydrogen-bond acceptors (Lipinski definition) is 2. The van der Waals surface area contributed by atoms with Crippen LogP contribution in [0.2, 0.25) is 5.02 Å². The van der Waals surface area contributed by atoms with Gasteiger partial charge in [0, 0.05) is 21.2 Å². The molecule has 1 heterocycles. The average Bonchev–Trinajstić information content (AvgIpc) is 2.80. The molecule has 100 valence electrons. The average molecular weight is 390 g/mol. The van der Waals surface area contributed by atoms with Gasteiger partial charge in [-0.2, -0.15) is 5.10 Å². The third-order valence-electron chi connectivity index (χ3n) is 2.58. The molecule has 0 aliphatic carbocycles. The Labute approximate surface area is 130 Å². The molecule has 0 saturated carbocycles. The first-order valence-corrected chi connectivity index (χ1v) is 7.24. The second-order valence-corrected chi connectivity index (χ2v) is 5.91. The molecule has 0 aliphatic heterocycles. The first kappa shape index (κ1) is 14.3. The van der Waals surface area contributed by atoms with Crippen LogP contribution in [0.15, 0.2) is 30.5 Å². The topological polar surface area (TPSA) is 46.9 Å². The molecular weight excluding hydrogens is 377 g/mol. The lowest BCUT2D eigenvalue weighted by Crippen LogP contribution is -2.16. The molecule has 0 atom stereocenters. The summed E-state index contributed by atoms with van der Waals surface area (Å²) in [4.78, 5) is 12.1. The minimum absolute atomic E-state index is 0.186.